The summed E-state index contributed by atoms with van der Waals surface area (Å²) in [6, 6.07) is 4.99. The molecule has 0 aliphatic carbocycles. The van der Waals surface area contributed by atoms with Crippen molar-refractivity contribution < 1.29 is 14.3 Å². The van der Waals surface area contributed by atoms with E-state index >= 15 is 0 Å². The number of carbonyl (C=O) groups excluding carboxylic acids is 2. The minimum Gasteiger partial charge on any atom is -0.378 e. The summed E-state index contributed by atoms with van der Waals surface area (Å²) in [6.07, 6.45) is 1.79. The highest BCUT2D eigenvalue weighted by Crippen LogP contribution is 2.25. The number of benzene rings is 1. The molecule has 2 aliphatic rings. The van der Waals surface area contributed by atoms with Gasteiger partial charge in [0.05, 0.1) is 35.7 Å². The second kappa shape index (κ2) is 9.04. The molecule has 1 unspecified atom stereocenters. The fourth-order valence-corrected chi connectivity index (χ4v) is 3.72. The van der Waals surface area contributed by atoms with Crippen LogP contribution in [0, 0.1) is 5.92 Å². The summed E-state index contributed by atoms with van der Waals surface area (Å²) in [7, 11) is 0. The summed E-state index contributed by atoms with van der Waals surface area (Å²) in [5.41, 5.74) is 0.613. The van der Waals surface area contributed by atoms with Gasteiger partial charge in [0.2, 0.25) is 11.8 Å². The Morgan fingerprint density at radius 3 is 2.65 bits per heavy atom. The molecule has 1 aromatic rings. The number of ether oxygens (including phenoxy) is 1. The number of hydrogen-bond donors (Lipinski definition) is 1. The molecule has 1 aromatic carbocycles. The second-order valence-corrected chi connectivity index (χ2v) is 7.50. The molecule has 2 heterocycles. The van der Waals surface area contributed by atoms with Crippen LogP contribution in [-0.2, 0) is 14.3 Å². The van der Waals surface area contributed by atoms with Gasteiger partial charge >= 0.3 is 0 Å². The van der Waals surface area contributed by atoms with E-state index in [9.17, 15) is 9.59 Å². The first kappa shape index (κ1) is 19.4. The second-order valence-electron chi connectivity index (χ2n) is 6.69. The van der Waals surface area contributed by atoms with Gasteiger partial charge in [-0.25, -0.2) is 0 Å². The van der Waals surface area contributed by atoms with E-state index in [0.29, 0.717) is 48.6 Å². The first-order chi connectivity index (χ1) is 12.5. The van der Waals surface area contributed by atoms with E-state index in [-0.39, 0.29) is 24.3 Å². The van der Waals surface area contributed by atoms with Gasteiger partial charge in [-0.3, -0.25) is 14.5 Å². The molecule has 0 saturated carbocycles. The summed E-state index contributed by atoms with van der Waals surface area (Å²) < 4.78 is 5.31. The van der Waals surface area contributed by atoms with Gasteiger partial charge in [-0.2, -0.15) is 0 Å². The van der Waals surface area contributed by atoms with E-state index in [4.69, 9.17) is 27.9 Å². The zero-order valence-electron chi connectivity index (χ0n) is 14.5. The van der Waals surface area contributed by atoms with Gasteiger partial charge in [0.1, 0.15) is 0 Å². The van der Waals surface area contributed by atoms with Crippen LogP contribution in [0.4, 0.5) is 5.69 Å². The molecule has 0 aromatic heterocycles. The first-order valence-corrected chi connectivity index (χ1v) is 9.62. The molecule has 2 fully saturated rings. The van der Waals surface area contributed by atoms with Crippen LogP contribution in [0.3, 0.4) is 0 Å². The molecule has 0 radical (unpaired) electrons. The summed E-state index contributed by atoms with van der Waals surface area (Å²) in [6.45, 7) is 4.22. The molecular weight excluding hydrogens is 377 g/mol. The quantitative estimate of drug-likeness (QED) is 0.844. The van der Waals surface area contributed by atoms with Gasteiger partial charge in [0.15, 0.2) is 0 Å². The Morgan fingerprint density at radius 1 is 1.15 bits per heavy atom. The summed E-state index contributed by atoms with van der Waals surface area (Å²) in [5, 5.41) is 3.68. The van der Waals surface area contributed by atoms with Crippen molar-refractivity contribution in [3.8, 4) is 0 Å². The lowest BCUT2D eigenvalue weighted by Gasteiger charge is -2.35. The number of nitrogens with one attached hydrogen (secondary N) is 1. The SMILES string of the molecule is O=C(CN1CCCC(C(=O)N2CCOCC2)C1)Nc1ccc(Cl)c(Cl)c1. The van der Waals surface area contributed by atoms with Crippen LogP contribution in [0.25, 0.3) is 0 Å². The molecule has 8 heteroatoms. The Hall–Kier alpha value is -1.34. The van der Waals surface area contributed by atoms with Crippen molar-refractivity contribution >= 4 is 40.7 Å². The first-order valence-electron chi connectivity index (χ1n) is 8.87. The lowest BCUT2D eigenvalue weighted by atomic mass is 9.96. The largest absolute Gasteiger partial charge is 0.378 e. The van der Waals surface area contributed by atoms with E-state index in [0.717, 1.165) is 19.4 Å². The molecule has 142 valence electrons. The maximum Gasteiger partial charge on any atom is 0.238 e. The van der Waals surface area contributed by atoms with Crippen molar-refractivity contribution in [1.82, 2.24) is 9.80 Å². The van der Waals surface area contributed by atoms with Crippen LogP contribution >= 0.6 is 23.2 Å². The number of nitrogens with zero attached hydrogens (tertiary/aromatic N) is 2. The van der Waals surface area contributed by atoms with Gasteiger partial charge in [-0.1, -0.05) is 23.2 Å². The minimum absolute atomic E-state index is 0.0420. The molecule has 2 aliphatic heterocycles. The maximum absolute atomic E-state index is 12.7. The van der Waals surface area contributed by atoms with Crippen LogP contribution < -0.4 is 5.32 Å². The molecule has 0 bridgehead atoms. The third-order valence-corrected chi connectivity index (χ3v) is 5.49. The predicted molar refractivity (Wildman–Crippen MR) is 102 cm³/mol. The molecule has 3 rings (SSSR count). The number of piperidine rings is 1. The van der Waals surface area contributed by atoms with E-state index in [1.807, 2.05) is 9.80 Å². The summed E-state index contributed by atoms with van der Waals surface area (Å²) >= 11 is 11.9. The van der Waals surface area contributed by atoms with Crippen LogP contribution in [0.2, 0.25) is 10.0 Å². The number of carbonyl (C=O) groups is 2. The van der Waals surface area contributed by atoms with Crippen LogP contribution in [0.15, 0.2) is 18.2 Å². The monoisotopic (exact) mass is 399 g/mol. The summed E-state index contributed by atoms with van der Waals surface area (Å²) in [5.74, 6) is 0.0189. The van der Waals surface area contributed by atoms with Crippen molar-refractivity contribution in [2.24, 2.45) is 5.92 Å². The number of halogens is 2. The predicted octanol–water partition coefficient (Wildman–Crippen LogP) is 2.50. The Labute approximate surface area is 163 Å². The molecule has 2 saturated heterocycles. The number of amides is 2. The van der Waals surface area contributed by atoms with E-state index in [2.05, 4.69) is 5.32 Å². The number of rotatable bonds is 4. The Balaban J connectivity index is 1.51. The number of anilines is 1. The standard InChI is InChI=1S/C18H23Cl2N3O3/c19-15-4-3-14(10-16(15)20)21-17(24)12-22-5-1-2-13(11-22)18(25)23-6-8-26-9-7-23/h3-4,10,13H,1-2,5-9,11-12H2,(H,21,24). The zero-order chi connectivity index (χ0) is 18.5. The third-order valence-electron chi connectivity index (χ3n) is 4.75. The van der Waals surface area contributed by atoms with Crippen LogP contribution in [-0.4, -0.2) is 67.6 Å². The van der Waals surface area contributed by atoms with Crippen LogP contribution in [0.1, 0.15) is 12.8 Å². The van der Waals surface area contributed by atoms with Gasteiger partial charge in [-0.15, -0.1) is 0 Å². The number of likely N-dealkylation sites (tertiary alicyclic amines) is 1. The lowest BCUT2D eigenvalue weighted by molar-refractivity contribution is -0.141. The molecule has 1 N–H and O–H groups in total. The van der Waals surface area contributed by atoms with Gasteiger partial charge < -0.3 is 15.0 Å². The highest BCUT2D eigenvalue weighted by atomic mass is 35.5. The highest BCUT2D eigenvalue weighted by molar-refractivity contribution is 6.42. The molecular formula is C18H23Cl2N3O3. The average Bonchev–Trinajstić information content (AvgIpc) is 2.65. The van der Waals surface area contributed by atoms with Crippen molar-refractivity contribution in [1.29, 1.82) is 0 Å². The Kier molecular flexibility index (Phi) is 6.75. The van der Waals surface area contributed by atoms with Crippen LogP contribution in [0.5, 0.6) is 0 Å². The van der Waals surface area contributed by atoms with Crippen molar-refractivity contribution in [2.75, 3.05) is 51.3 Å². The van der Waals surface area contributed by atoms with Gasteiger partial charge in [0, 0.05) is 25.3 Å². The lowest BCUT2D eigenvalue weighted by Crippen LogP contribution is -2.49. The maximum atomic E-state index is 12.7. The summed E-state index contributed by atoms with van der Waals surface area (Å²) in [4.78, 5) is 28.9. The Bertz CT molecular complexity index is 665. The molecule has 1 atom stereocenters. The number of hydrogen-bond acceptors (Lipinski definition) is 4. The fraction of sp³-hybridized carbons (Fsp3) is 0.556. The molecule has 2 amide bonds. The van der Waals surface area contributed by atoms with Gasteiger partial charge in [0.25, 0.3) is 0 Å². The normalized spacial score (nSPS) is 21.5. The van der Waals surface area contributed by atoms with Crippen molar-refractivity contribution in [3.05, 3.63) is 28.2 Å². The van der Waals surface area contributed by atoms with Crippen molar-refractivity contribution in [3.63, 3.8) is 0 Å². The van der Waals surface area contributed by atoms with E-state index < -0.39 is 0 Å². The topological polar surface area (TPSA) is 61.9 Å². The zero-order valence-corrected chi connectivity index (χ0v) is 16.1. The third kappa shape index (κ3) is 5.10. The molecule has 6 nitrogen and oxygen atoms in total. The molecule has 0 spiro atoms. The Morgan fingerprint density at radius 2 is 1.92 bits per heavy atom. The smallest absolute Gasteiger partial charge is 0.238 e. The number of morpholine rings is 1. The van der Waals surface area contributed by atoms with Gasteiger partial charge in [-0.05, 0) is 37.6 Å². The fourth-order valence-electron chi connectivity index (χ4n) is 3.42. The van der Waals surface area contributed by atoms with E-state index in [1.165, 1.54) is 0 Å². The van der Waals surface area contributed by atoms with E-state index in [1.54, 1.807) is 18.2 Å². The van der Waals surface area contributed by atoms with Crippen molar-refractivity contribution in [2.45, 2.75) is 12.8 Å². The minimum atomic E-state index is -0.122. The molecule has 26 heavy (non-hydrogen) atoms. The highest BCUT2D eigenvalue weighted by Gasteiger charge is 2.30. The average molecular weight is 400 g/mol.